The molecule has 4 N–H and O–H groups in total. The molecule has 0 aromatic heterocycles. The molecule has 0 unspecified atom stereocenters. The van der Waals surface area contributed by atoms with Crippen LogP contribution in [-0.2, 0) is 0 Å². The summed E-state index contributed by atoms with van der Waals surface area (Å²) >= 11 is 0. The lowest BCUT2D eigenvalue weighted by Gasteiger charge is -2.10. The minimum atomic E-state index is -4.77. The molecule has 1 aromatic carbocycles. The fourth-order valence-corrected chi connectivity index (χ4v) is 0.978. The molecule has 16 heavy (non-hydrogen) atoms. The molecule has 86 valence electrons. The predicted octanol–water partition coefficient (Wildman–Crippen LogP) is 1.48. The van der Waals surface area contributed by atoms with Crippen molar-refractivity contribution < 1.29 is 17.9 Å². The molecule has 0 amide bonds. The summed E-state index contributed by atoms with van der Waals surface area (Å²) in [4.78, 5) is 0. The topological polar surface area (TPSA) is 61.3 Å². The van der Waals surface area contributed by atoms with Crippen molar-refractivity contribution in [2.24, 2.45) is 5.73 Å². The van der Waals surface area contributed by atoms with Crippen LogP contribution in [0.4, 0.5) is 18.9 Å². The Labute approximate surface area is 90.2 Å². The second-order valence-corrected chi connectivity index (χ2v) is 2.81. The number of nitrogens with two attached hydrogens (primary N) is 2. The van der Waals surface area contributed by atoms with Gasteiger partial charge in [-0.15, -0.1) is 13.2 Å². The van der Waals surface area contributed by atoms with Gasteiger partial charge in [-0.3, -0.25) is 0 Å². The Morgan fingerprint density at radius 3 is 2.56 bits per heavy atom. The Morgan fingerprint density at radius 2 is 2.00 bits per heavy atom. The first-order valence-corrected chi connectivity index (χ1v) is 4.26. The van der Waals surface area contributed by atoms with Gasteiger partial charge in [-0.2, -0.15) is 0 Å². The fraction of sp³-hybridized carbons (Fsp3) is 0.200. The third-order valence-corrected chi connectivity index (χ3v) is 1.57. The number of rotatable bonds is 1. The van der Waals surface area contributed by atoms with Gasteiger partial charge in [0.05, 0.1) is 12.2 Å². The van der Waals surface area contributed by atoms with Crippen LogP contribution >= 0.6 is 0 Å². The van der Waals surface area contributed by atoms with Gasteiger partial charge in [0.1, 0.15) is 0 Å². The summed E-state index contributed by atoms with van der Waals surface area (Å²) in [6.07, 6.45) is -4.77. The number of hydrogen-bond acceptors (Lipinski definition) is 3. The van der Waals surface area contributed by atoms with Crippen molar-refractivity contribution in [3.63, 3.8) is 0 Å². The summed E-state index contributed by atoms with van der Waals surface area (Å²) in [5.41, 5.74) is 10.7. The molecule has 3 nitrogen and oxygen atoms in total. The van der Waals surface area contributed by atoms with Gasteiger partial charge in [0.25, 0.3) is 0 Å². The van der Waals surface area contributed by atoms with Gasteiger partial charge >= 0.3 is 6.36 Å². The van der Waals surface area contributed by atoms with Crippen molar-refractivity contribution in [2.45, 2.75) is 6.36 Å². The largest absolute Gasteiger partial charge is 0.573 e. The first kappa shape index (κ1) is 12.2. The van der Waals surface area contributed by atoms with Crippen LogP contribution in [0.2, 0.25) is 0 Å². The van der Waals surface area contributed by atoms with Gasteiger partial charge in [0.15, 0.2) is 5.75 Å². The van der Waals surface area contributed by atoms with Crippen LogP contribution < -0.4 is 16.2 Å². The van der Waals surface area contributed by atoms with Crippen molar-refractivity contribution in [2.75, 3.05) is 12.3 Å². The lowest BCUT2D eigenvalue weighted by Crippen LogP contribution is -2.18. The van der Waals surface area contributed by atoms with E-state index in [9.17, 15) is 13.2 Å². The summed E-state index contributed by atoms with van der Waals surface area (Å²) in [7, 11) is 0. The van der Waals surface area contributed by atoms with Gasteiger partial charge in [-0.25, -0.2) is 0 Å². The van der Waals surface area contributed by atoms with Crippen LogP contribution in [0.25, 0.3) is 0 Å². The SMILES string of the molecule is NCC#Cc1ccc(N)c(OC(F)(F)F)c1. The predicted molar refractivity (Wildman–Crippen MR) is 53.5 cm³/mol. The number of hydrogen-bond donors (Lipinski definition) is 2. The molecule has 0 spiro atoms. The Bertz CT molecular complexity index is 432. The Morgan fingerprint density at radius 1 is 1.31 bits per heavy atom. The van der Waals surface area contributed by atoms with E-state index >= 15 is 0 Å². The third-order valence-electron chi connectivity index (χ3n) is 1.57. The van der Waals surface area contributed by atoms with E-state index in [0.29, 0.717) is 5.56 Å². The minimum Gasteiger partial charge on any atom is -0.404 e. The molecule has 0 heterocycles. The molecule has 0 aliphatic heterocycles. The highest BCUT2D eigenvalue weighted by molar-refractivity contribution is 5.56. The number of benzene rings is 1. The molecule has 0 radical (unpaired) electrons. The Hall–Kier alpha value is -1.87. The molecular formula is C10H9F3N2O. The maximum absolute atomic E-state index is 12.0. The molecular weight excluding hydrogens is 221 g/mol. The summed E-state index contributed by atoms with van der Waals surface area (Å²) in [5, 5.41) is 0. The van der Waals surface area contributed by atoms with Crippen molar-refractivity contribution in [3.8, 4) is 17.6 Å². The number of anilines is 1. The summed E-state index contributed by atoms with van der Waals surface area (Å²) < 4.78 is 39.6. The second kappa shape index (κ2) is 4.77. The molecule has 6 heteroatoms. The number of alkyl halides is 3. The Kier molecular flexibility index (Phi) is 3.64. The number of halogens is 3. The van der Waals surface area contributed by atoms with E-state index in [1.807, 2.05) is 0 Å². The zero-order valence-electron chi connectivity index (χ0n) is 8.14. The zero-order valence-corrected chi connectivity index (χ0v) is 8.14. The van der Waals surface area contributed by atoms with Crippen molar-refractivity contribution in [1.29, 1.82) is 0 Å². The molecule has 0 saturated heterocycles. The smallest absolute Gasteiger partial charge is 0.404 e. The van der Waals surface area contributed by atoms with Crippen LogP contribution in [0.15, 0.2) is 18.2 Å². The van der Waals surface area contributed by atoms with Gasteiger partial charge in [-0.1, -0.05) is 11.8 Å². The number of ether oxygens (including phenoxy) is 1. The second-order valence-electron chi connectivity index (χ2n) is 2.81. The first-order chi connectivity index (χ1) is 7.42. The lowest BCUT2D eigenvalue weighted by molar-refractivity contribution is -0.274. The molecule has 0 bridgehead atoms. The van der Waals surface area contributed by atoms with Crippen molar-refractivity contribution in [3.05, 3.63) is 23.8 Å². The zero-order chi connectivity index (χ0) is 12.2. The van der Waals surface area contributed by atoms with Gasteiger partial charge in [-0.05, 0) is 18.2 Å². The van der Waals surface area contributed by atoms with Crippen molar-refractivity contribution in [1.82, 2.24) is 0 Å². The molecule has 0 saturated carbocycles. The third kappa shape index (κ3) is 3.71. The summed E-state index contributed by atoms with van der Waals surface area (Å²) in [6, 6.07) is 3.90. The average Bonchev–Trinajstić information content (AvgIpc) is 2.17. The number of nitrogen functional groups attached to an aromatic ring is 1. The van der Waals surface area contributed by atoms with Crippen LogP contribution in [0.3, 0.4) is 0 Å². The monoisotopic (exact) mass is 230 g/mol. The van der Waals surface area contributed by atoms with E-state index in [0.717, 1.165) is 6.07 Å². The fourth-order valence-electron chi connectivity index (χ4n) is 0.978. The van der Waals surface area contributed by atoms with E-state index in [4.69, 9.17) is 11.5 Å². The maximum atomic E-state index is 12.0. The maximum Gasteiger partial charge on any atom is 0.573 e. The highest BCUT2D eigenvalue weighted by atomic mass is 19.4. The van der Waals surface area contributed by atoms with Crippen molar-refractivity contribution >= 4 is 5.69 Å². The molecule has 1 rings (SSSR count). The molecule has 0 fully saturated rings. The molecule has 0 aliphatic rings. The molecule has 1 aromatic rings. The first-order valence-electron chi connectivity index (χ1n) is 4.26. The standard InChI is InChI=1S/C10H9F3N2O/c11-10(12,13)16-9-6-7(2-1-5-14)3-4-8(9)15/h3-4,6H,5,14-15H2. The van der Waals surface area contributed by atoms with Crippen LogP contribution in [-0.4, -0.2) is 12.9 Å². The molecule has 0 aliphatic carbocycles. The van der Waals surface area contributed by atoms with Gasteiger partial charge < -0.3 is 16.2 Å². The van der Waals surface area contributed by atoms with Crippen LogP contribution in [0.1, 0.15) is 5.56 Å². The van der Waals surface area contributed by atoms with E-state index in [2.05, 4.69) is 16.6 Å². The van der Waals surface area contributed by atoms with Gasteiger partial charge in [0, 0.05) is 5.56 Å². The lowest BCUT2D eigenvalue weighted by atomic mass is 10.2. The van der Waals surface area contributed by atoms with E-state index in [-0.39, 0.29) is 12.2 Å². The quantitative estimate of drug-likeness (QED) is 0.567. The van der Waals surface area contributed by atoms with E-state index < -0.39 is 12.1 Å². The normalized spacial score (nSPS) is 10.5. The van der Waals surface area contributed by atoms with Crippen LogP contribution in [0.5, 0.6) is 5.75 Å². The summed E-state index contributed by atoms with van der Waals surface area (Å²) in [5.74, 6) is 4.63. The average molecular weight is 230 g/mol. The highest BCUT2D eigenvalue weighted by Gasteiger charge is 2.31. The van der Waals surface area contributed by atoms with Gasteiger partial charge in [0.2, 0.25) is 0 Å². The Balaban J connectivity index is 2.99. The molecule has 0 atom stereocenters. The summed E-state index contributed by atoms with van der Waals surface area (Å²) in [6.45, 7) is 0.125. The van der Waals surface area contributed by atoms with E-state index in [1.54, 1.807) is 0 Å². The van der Waals surface area contributed by atoms with E-state index in [1.165, 1.54) is 12.1 Å². The highest BCUT2D eigenvalue weighted by Crippen LogP contribution is 2.28. The minimum absolute atomic E-state index is 0.101. The van der Waals surface area contributed by atoms with Crippen LogP contribution in [0, 0.1) is 11.8 Å².